The summed E-state index contributed by atoms with van der Waals surface area (Å²) < 4.78 is 0. The molecule has 0 aliphatic rings. The van der Waals surface area contributed by atoms with Gasteiger partial charge in [0.15, 0.2) is 0 Å². The fraction of sp³-hybridized carbons (Fsp3) is 0.250. The van der Waals surface area contributed by atoms with E-state index in [1.807, 2.05) is 58.2 Å². The highest BCUT2D eigenvalue weighted by molar-refractivity contribution is 6.04. The molecule has 0 atom stereocenters. The number of hydrogen-bond acceptors (Lipinski definition) is 3. The number of amides is 1. The lowest BCUT2D eigenvalue weighted by molar-refractivity contribution is 0.102. The molecule has 0 saturated carbocycles. The van der Waals surface area contributed by atoms with Crippen LogP contribution in [0.1, 0.15) is 27.3 Å². The summed E-state index contributed by atoms with van der Waals surface area (Å²) in [4.78, 5) is 16.6. The number of pyridine rings is 1. The molecule has 2 N–H and O–H groups in total. The number of benzene rings is 1. The predicted octanol–water partition coefficient (Wildman–Crippen LogP) is 3.30. The monoisotopic (exact) mass is 269 g/mol. The van der Waals surface area contributed by atoms with Gasteiger partial charge < -0.3 is 10.6 Å². The molecule has 0 aliphatic carbocycles. The number of anilines is 2. The minimum absolute atomic E-state index is 0.121. The van der Waals surface area contributed by atoms with E-state index >= 15 is 0 Å². The molecule has 0 radical (unpaired) electrons. The van der Waals surface area contributed by atoms with Gasteiger partial charge in [0, 0.05) is 24.0 Å². The summed E-state index contributed by atoms with van der Waals surface area (Å²) in [6.45, 7) is 5.79. The van der Waals surface area contributed by atoms with Gasteiger partial charge in [-0.05, 0) is 56.7 Å². The lowest BCUT2D eigenvalue weighted by Gasteiger charge is -2.10. The molecule has 2 aromatic rings. The van der Waals surface area contributed by atoms with Crippen molar-refractivity contribution < 1.29 is 4.79 Å². The fourth-order valence-corrected chi connectivity index (χ4v) is 2.10. The minimum Gasteiger partial charge on any atom is -0.388 e. The Balaban J connectivity index is 2.21. The molecule has 0 bridgehead atoms. The zero-order valence-electron chi connectivity index (χ0n) is 12.2. The van der Waals surface area contributed by atoms with Crippen LogP contribution in [-0.4, -0.2) is 17.9 Å². The molecule has 1 aromatic heterocycles. The van der Waals surface area contributed by atoms with Gasteiger partial charge in [-0.2, -0.15) is 0 Å². The third-order valence-corrected chi connectivity index (χ3v) is 3.23. The van der Waals surface area contributed by atoms with Crippen molar-refractivity contribution >= 4 is 17.3 Å². The molecule has 0 spiro atoms. The zero-order chi connectivity index (χ0) is 14.7. The van der Waals surface area contributed by atoms with Gasteiger partial charge in [0.2, 0.25) is 0 Å². The summed E-state index contributed by atoms with van der Waals surface area (Å²) >= 11 is 0. The van der Waals surface area contributed by atoms with E-state index in [9.17, 15) is 4.79 Å². The molecule has 4 heteroatoms. The van der Waals surface area contributed by atoms with E-state index in [-0.39, 0.29) is 5.91 Å². The van der Waals surface area contributed by atoms with Gasteiger partial charge in [0.25, 0.3) is 5.91 Å². The van der Waals surface area contributed by atoms with Crippen LogP contribution in [0.3, 0.4) is 0 Å². The van der Waals surface area contributed by atoms with Gasteiger partial charge in [0.05, 0.1) is 11.4 Å². The van der Waals surface area contributed by atoms with Gasteiger partial charge in [-0.3, -0.25) is 9.78 Å². The van der Waals surface area contributed by atoms with E-state index in [0.717, 1.165) is 28.3 Å². The normalized spacial score (nSPS) is 10.2. The lowest BCUT2D eigenvalue weighted by atomic mass is 10.1. The summed E-state index contributed by atoms with van der Waals surface area (Å²) in [6, 6.07) is 9.36. The smallest absolute Gasteiger partial charge is 0.255 e. The number of nitrogens with zero attached hydrogens (tertiary/aromatic N) is 1. The van der Waals surface area contributed by atoms with Crippen LogP contribution in [0.2, 0.25) is 0 Å². The van der Waals surface area contributed by atoms with Gasteiger partial charge in [-0.15, -0.1) is 0 Å². The maximum absolute atomic E-state index is 12.2. The number of carbonyl (C=O) groups is 1. The van der Waals surface area contributed by atoms with Gasteiger partial charge in [-0.1, -0.05) is 0 Å². The molecule has 4 nitrogen and oxygen atoms in total. The molecular formula is C16H19N3O. The number of hydrogen-bond donors (Lipinski definition) is 2. The second kappa shape index (κ2) is 5.74. The summed E-state index contributed by atoms with van der Waals surface area (Å²) in [5.74, 6) is -0.121. The fourth-order valence-electron chi connectivity index (χ4n) is 2.10. The third-order valence-electron chi connectivity index (χ3n) is 3.23. The zero-order valence-corrected chi connectivity index (χ0v) is 12.2. The van der Waals surface area contributed by atoms with E-state index in [1.165, 1.54) is 0 Å². The van der Waals surface area contributed by atoms with Crippen molar-refractivity contribution in [3.63, 3.8) is 0 Å². The highest BCUT2D eigenvalue weighted by Crippen LogP contribution is 2.18. The van der Waals surface area contributed by atoms with Crippen LogP contribution >= 0.6 is 0 Å². The number of rotatable bonds is 3. The molecule has 1 aromatic carbocycles. The molecular weight excluding hydrogens is 250 g/mol. The number of nitrogens with one attached hydrogen (secondary N) is 2. The predicted molar refractivity (Wildman–Crippen MR) is 82.4 cm³/mol. The third kappa shape index (κ3) is 2.96. The Kier molecular flexibility index (Phi) is 4.03. The Morgan fingerprint density at radius 1 is 1.05 bits per heavy atom. The van der Waals surface area contributed by atoms with Gasteiger partial charge in [-0.25, -0.2) is 0 Å². The van der Waals surface area contributed by atoms with Crippen molar-refractivity contribution in [2.75, 3.05) is 17.7 Å². The van der Waals surface area contributed by atoms with Gasteiger partial charge >= 0.3 is 0 Å². The molecule has 104 valence electrons. The molecule has 0 aliphatic heterocycles. The highest BCUT2D eigenvalue weighted by Gasteiger charge is 2.09. The first-order valence-corrected chi connectivity index (χ1v) is 6.55. The van der Waals surface area contributed by atoms with E-state index in [2.05, 4.69) is 15.6 Å². The van der Waals surface area contributed by atoms with Crippen LogP contribution in [-0.2, 0) is 0 Å². The van der Waals surface area contributed by atoms with Crippen LogP contribution in [0.5, 0.6) is 0 Å². The van der Waals surface area contributed by atoms with E-state index in [4.69, 9.17) is 0 Å². The Morgan fingerprint density at radius 3 is 2.35 bits per heavy atom. The molecule has 0 fully saturated rings. The Morgan fingerprint density at radius 2 is 1.75 bits per heavy atom. The summed E-state index contributed by atoms with van der Waals surface area (Å²) in [5, 5.41) is 5.98. The molecule has 1 amide bonds. The minimum atomic E-state index is -0.121. The van der Waals surface area contributed by atoms with Crippen LogP contribution in [0.15, 0.2) is 30.3 Å². The summed E-state index contributed by atoms with van der Waals surface area (Å²) in [7, 11) is 1.86. The molecule has 0 saturated heterocycles. The number of carbonyl (C=O) groups excluding carboxylic acids is 1. The SMILES string of the molecule is CNc1ccc(C(=O)Nc2ccc(C)nc2C)cc1C. The van der Waals surface area contributed by atoms with E-state index in [1.54, 1.807) is 0 Å². The second-order valence-electron chi connectivity index (χ2n) is 4.82. The largest absolute Gasteiger partial charge is 0.388 e. The Hall–Kier alpha value is -2.36. The van der Waals surface area contributed by atoms with E-state index < -0.39 is 0 Å². The Labute approximate surface area is 119 Å². The van der Waals surface area contributed by atoms with Crippen molar-refractivity contribution in [3.05, 3.63) is 52.8 Å². The van der Waals surface area contributed by atoms with E-state index in [0.29, 0.717) is 5.56 Å². The first-order valence-electron chi connectivity index (χ1n) is 6.55. The Bertz CT molecular complexity index is 650. The van der Waals surface area contributed by atoms with Crippen LogP contribution in [0, 0.1) is 20.8 Å². The van der Waals surface area contributed by atoms with Crippen molar-refractivity contribution in [1.29, 1.82) is 0 Å². The lowest BCUT2D eigenvalue weighted by Crippen LogP contribution is -2.13. The summed E-state index contributed by atoms with van der Waals surface area (Å²) in [5.41, 5.74) is 5.21. The maximum Gasteiger partial charge on any atom is 0.255 e. The van der Waals surface area contributed by atoms with Crippen LogP contribution in [0.4, 0.5) is 11.4 Å². The standard InChI is InChI=1S/C16H19N3O/c1-10-9-13(6-8-14(10)17-4)16(20)19-15-7-5-11(2)18-12(15)3/h5-9,17H,1-4H3,(H,19,20). The van der Waals surface area contributed by atoms with Gasteiger partial charge in [0.1, 0.15) is 0 Å². The average Bonchev–Trinajstić information content (AvgIpc) is 2.41. The number of aromatic nitrogens is 1. The quantitative estimate of drug-likeness (QED) is 0.899. The van der Waals surface area contributed by atoms with Crippen LogP contribution < -0.4 is 10.6 Å². The van der Waals surface area contributed by atoms with Crippen LogP contribution in [0.25, 0.3) is 0 Å². The molecule has 1 heterocycles. The number of aryl methyl sites for hydroxylation is 3. The maximum atomic E-state index is 12.2. The first kappa shape index (κ1) is 14.1. The van der Waals surface area contributed by atoms with Crippen molar-refractivity contribution in [2.24, 2.45) is 0 Å². The highest BCUT2D eigenvalue weighted by atomic mass is 16.1. The molecule has 2 rings (SSSR count). The van der Waals surface area contributed by atoms with Crippen molar-refractivity contribution in [3.8, 4) is 0 Å². The topological polar surface area (TPSA) is 54.0 Å². The molecule has 0 unspecified atom stereocenters. The average molecular weight is 269 g/mol. The first-order chi connectivity index (χ1) is 9.51. The summed E-state index contributed by atoms with van der Waals surface area (Å²) in [6.07, 6.45) is 0. The van der Waals surface area contributed by atoms with Crippen molar-refractivity contribution in [1.82, 2.24) is 4.98 Å². The second-order valence-corrected chi connectivity index (χ2v) is 4.82. The van der Waals surface area contributed by atoms with Crippen molar-refractivity contribution in [2.45, 2.75) is 20.8 Å². The molecule has 20 heavy (non-hydrogen) atoms.